The maximum Gasteiger partial charge on any atom is 0.0113 e. The van der Waals surface area contributed by atoms with Gasteiger partial charge in [0.05, 0.1) is 0 Å². The van der Waals surface area contributed by atoms with Gasteiger partial charge in [0.2, 0.25) is 0 Å². The molecule has 0 amide bonds. The van der Waals surface area contributed by atoms with E-state index in [9.17, 15) is 0 Å². The summed E-state index contributed by atoms with van der Waals surface area (Å²) in [7, 11) is 0. The fourth-order valence-corrected chi connectivity index (χ4v) is 3.34. The second kappa shape index (κ2) is 6.17. The molecule has 1 aliphatic heterocycles. The van der Waals surface area contributed by atoms with Gasteiger partial charge in [-0.3, -0.25) is 9.80 Å². The first-order valence-electron chi connectivity index (χ1n) is 7.40. The zero-order chi connectivity index (χ0) is 12.3. The van der Waals surface area contributed by atoms with Crippen molar-refractivity contribution in [3.63, 3.8) is 0 Å². The number of hydrogen-bond donors (Lipinski definition) is 1. The van der Waals surface area contributed by atoms with Crippen molar-refractivity contribution >= 4 is 0 Å². The lowest BCUT2D eigenvalue weighted by Crippen LogP contribution is -2.53. The molecule has 2 rings (SSSR count). The fraction of sp³-hybridized carbons (Fsp3) is 1.00. The summed E-state index contributed by atoms with van der Waals surface area (Å²) in [5.41, 5.74) is 5.77. The van der Waals surface area contributed by atoms with Crippen LogP contribution in [0.4, 0.5) is 0 Å². The molecule has 1 saturated carbocycles. The summed E-state index contributed by atoms with van der Waals surface area (Å²) in [6.45, 7) is 10.4. The van der Waals surface area contributed by atoms with Crippen LogP contribution in [0.5, 0.6) is 0 Å². The first-order valence-corrected chi connectivity index (χ1v) is 7.40. The molecule has 2 fully saturated rings. The fourth-order valence-electron chi connectivity index (χ4n) is 3.34. The van der Waals surface area contributed by atoms with Gasteiger partial charge in [-0.25, -0.2) is 0 Å². The molecular weight excluding hydrogens is 210 g/mol. The lowest BCUT2D eigenvalue weighted by Gasteiger charge is -2.42. The van der Waals surface area contributed by atoms with Gasteiger partial charge in [0.25, 0.3) is 0 Å². The predicted octanol–water partition coefficient (Wildman–Crippen LogP) is 1.53. The molecule has 3 nitrogen and oxygen atoms in total. The predicted molar refractivity (Wildman–Crippen MR) is 73.1 cm³/mol. The zero-order valence-electron chi connectivity index (χ0n) is 11.6. The molecule has 0 aromatic carbocycles. The van der Waals surface area contributed by atoms with Gasteiger partial charge in [0.1, 0.15) is 0 Å². The van der Waals surface area contributed by atoms with Crippen LogP contribution in [0.25, 0.3) is 0 Å². The zero-order valence-corrected chi connectivity index (χ0v) is 11.6. The molecule has 0 aromatic rings. The molecule has 0 bridgehead atoms. The van der Waals surface area contributed by atoms with Crippen LogP contribution < -0.4 is 5.73 Å². The molecule has 1 aliphatic carbocycles. The SMILES string of the molecule is CC(CN)C(C)N1CCN(C2CCCC2)CC1. The van der Waals surface area contributed by atoms with Crippen LogP contribution in [-0.2, 0) is 0 Å². The first-order chi connectivity index (χ1) is 8.22. The molecule has 17 heavy (non-hydrogen) atoms. The van der Waals surface area contributed by atoms with Gasteiger partial charge in [0, 0.05) is 38.3 Å². The van der Waals surface area contributed by atoms with Gasteiger partial charge in [-0.2, -0.15) is 0 Å². The van der Waals surface area contributed by atoms with Crippen molar-refractivity contribution in [2.75, 3.05) is 32.7 Å². The van der Waals surface area contributed by atoms with Crippen molar-refractivity contribution in [3.8, 4) is 0 Å². The van der Waals surface area contributed by atoms with Crippen LogP contribution in [0.3, 0.4) is 0 Å². The third kappa shape index (κ3) is 3.21. The smallest absolute Gasteiger partial charge is 0.0113 e. The van der Waals surface area contributed by atoms with E-state index in [-0.39, 0.29) is 0 Å². The molecule has 2 aliphatic rings. The minimum atomic E-state index is 0.619. The summed E-state index contributed by atoms with van der Waals surface area (Å²) in [6.07, 6.45) is 5.78. The summed E-state index contributed by atoms with van der Waals surface area (Å²) in [5.74, 6) is 0.619. The van der Waals surface area contributed by atoms with Crippen LogP contribution in [-0.4, -0.2) is 54.6 Å². The van der Waals surface area contributed by atoms with Gasteiger partial charge in [0.15, 0.2) is 0 Å². The Labute approximate surface area is 106 Å². The number of rotatable bonds is 4. The molecule has 2 N–H and O–H groups in total. The largest absolute Gasteiger partial charge is 0.330 e. The minimum absolute atomic E-state index is 0.619. The number of hydrogen-bond acceptors (Lipinski definition) is 3. The van der Waals surface area contributed by atoms with Crippen LogP contribution in [0, 0.1) is 5.92 Å². The van der Waals surface area contributed by atoms with E-state index in [1.54, 1.807) is 0 Å². The van der Waals surface area contributed by atoms with Crippen molar-refractivity contribution in [2.24, 2.45) is 11.7 Å². The third-order valence-corrected chi connectivity index (χ3v) is 4.96. The normalized spacial score (nSPS) is 28.4. The van der Waals surface area contributed by atoms with E-state index in [1.165, 1.54) is 51.9 Å². The Balaban J connectivity index is 1.77. The van der Waals surface area contributed by atoms with Crippen LogP contribution in [0.15, 0.2) is 0 Å². The van der Waals surface area contributed by atoms with E-state index in [2.05, 4.69) is 23.6 Å². The highest BCUT2D eigenvalue weighted by Gasteiger charge is 2.28. The van der Waals surface area contributed by atoms with E-state index in [1.807, 2.05) is 0 Å². The van der Waals surface area contributed by atoms with Crippen molar-refractivity contribution in [3.05, 3.63) is 0 Å². The third-order valence-electron chi connectivity index (χ3n) is 4.96. The summed E-state index contributed by atoms with van der Waals surface area (Å²) in [4.78, 5) is 5.35. The minimum Gasteiger partial charge on any atom is -0.330 e. The average molecular weight is 239 g/mol. The highest BCUT2D eigenvalue weighted by atomic mass is 15.3. The topological polar surface area (TPSA) is 32.5 Å². The van der Waals surface area contributed by atoms with Crippen LogP contribution >= 0.6 is 0 Å². The van der Waals surface area contributed by atoms with E-state index in [0.29, 0.717) is 12.0 Å². The lowest BCUT2D eigenvalue weighted by molar-refractivity contribution is 0.0602. The molecule has 1 saturated heterocycles. The monoisotopic (exact) mass is 239 g/mol. The van der Waals surface area contributed by atoms with E-state index < -0.39 is 0 Å². The van der Waals surface area contributed by atoms with Gasteiger partial charge in [-0.15, -0.1) is 0 Å². The van der Waals surface area contributed by atoms with Gasteiger partial charge < -0.3 is 5.73 Å². The Morgan fingerprint density at radius 2 is 1.65 bits per heavy atom. The molecule has 2 unspecified atom stereocenters. The van der Waals surface area contributed by atoms with Crippen LogP contribution in [0.1, 0.15) is 39.5 Å². The molecule has 1 heterocycles. The highest BCUT2D eigenvalue weighted by molar-refractivity contribution is 4.84. The summed E-state index contributed by atoms with van der Waals surface area (Å²) in [6, 6.07) is 1.55. The second-order valence-corrected chi connectivity index (χ2v) is 5.96. The maximum absolute atomic E-state index is 5.77. The van der Waals surface area contributed by atoms with Crippen LogP contribution in [0.2, 0.25) is 0 Å². The summed E-state index contributed by atoms with van der Waals surface area (Å²) < 4.78 is 0. The standard InChI is InChI=1S/C14H29N3/c1-12(11-15)13(2)16-7-9-17(10-8-16)14-5-3-4-6-14/h12-14H,3-11,15H2,1-2H3. The number of nitrogens with zero attached hydrogens (tertiary/aromatic N) is 2. The Bertz CT molecular complexity index is 218. The molecule has 0 aromatic heterocycles. The van der Waals surface area contributed by atoms with Gasteiger partial charge >= 0.3 is 0 Å². The Kier molecular flexibility index (Phi) is 4.83. The Morgan fingerprint density at radius 1 is 1.06 bits per heavy atom. The highest BCUT2D eigenvalue weighted by Crippen LogP contribution is 2.25. The van der Waals surface area contributed by atoms with Gasteiger partial charge in [-0.05, 0) is 32.2 Å². The summed E-state index contributed by atoms with van der Waals surface area (Å²) in [5, 5.41) is 0. The Hall–Kier alpha value is -0.120. The number of nitrogens with two attached hydrogens (primary N) is 1. The Morgan fingerprint density at radius 3 is 2.18 bits per heavy atom. The molecule has 2 atom stereocenters. The van der Waals surface area contributed by atoms with Crippen molar-refractivity contribution in [1.82, 2.24) is 9.80 Å². The second-order valence-electron chi connectivity index (χ2n) is 5.96. The van der Waals surface area contributed by atoms with E-state index >= 15 is 0 Å². The van der Waals surface area contributed by atoms with Gasteiger partial charge in [-0.1, -0.05) is 19.8 Å². The average Bonchev–Trinajstić information content (AvgIpc) is 2.91. The first kappa shape index (κ1) is 13.3. The van der Waals surface area contributed by atoms with Crippen molar-refractivity contribution in [1.29, 1.82) is 0 Å². The van der Waals surface area contributed by atoms with E-state index in [4.69, 9.17) is 5.73 Å². The molecule has 100 valence electrons. The lowest BCUT2D eigenvalue weighted by atomic mass is 10.0. The molecular formula is C14H29N3. The molecule has 0 radical (unpaired) electrons. The molecule has 0 spiro atoms. The molecule has 3 heteroatoms. The van der Waals surface area contributed by atoms with Crippen molar-refractivity contribution in [2.45, 2.75) is 51.6 Å². The quantitative estimate of drug-likeness (QED) is 0.807. The maximum atomic E-state index is 5.77. The van der Waals surface area contributed by atoms with E-state index in [0.717, 1.165) is 12.6 Å². The van der Waals surface area contributed by atoms with Crippen molar-refractivity contribution < 1.29 is 0 Å². The summed E-state index contributed by atoms with van der Waals surface area (Å²) >= 11 is 0. The number of piperazine rings is 1.